The summed E-state index contributed by atoms with van der Waals surface area (Å²) in [6.45, 7) is 0.953. The van der Waals surface area contributed by atoms with Crippen LogP contribution in [-0.4, -0.2) is 35.7 Å². The molecular formula is C15H23F2NO4. The molecule has 2 saturated carbocycles. The van der Waals surface area contributed by atoms with Gasteiger partial charge in [-0.3, -0.25) is 9.59 Å². The highest BCUT2D eigenvalue weighted by Gasteiger charge is 2.65. The van der Waals surface area contributed by atoms with Crippen LogP contribution < -0.4 is 5.32 Å². The van der Waals surface area contributed by atoms with E-state index in [1.54, 1.807) is 0 Å². The molecule has 0 aromatic carbocycles. The van der Waals surface area contributed by atoms with Crippen LogP contribution in [0.4, 0.5) is 8.78 Å². The fraction of sp³-hybridized carbons (Fsp3) is 0.867. The van der Waals surface area contributed by atoms with E-state index in [-0.39, 0.29) is 17.9 Å². The van der Waals surface area contributed by atoms with Gasteiger partial charge in [-0.25, -0.2) is 0 Å². The lowest BCUT2D eigenvalue weighted by Gasteiger charge is -2.31. The maximum absolute atomic E-state index is 12.5. The first kappa shape index (κ1) is 17.1. The number of aliphatic carboxylic acids is 1. The molecule has 22 heavy (non-hydrogen) atoms. The fourth-order valence-electron chi connectivity index (χ4n) is 3.55. The lowest BCUT2D eigenvalue weighted by atomic mass is 9.87. The van der Waals surface area contributed by atoms with Crippen molar-refractivity contribution in [3.8, 4) is 0 Å². The van der Waals surface area contributed by atoms with Crippen molar-refractivity contribution >= 4 is 11.9 Å². The molecule has 126 valence electrons. The minimum atomic E-state index is -2.76. The van der Waals surface area contributed by atoms with Crippen LogP contribution in [0.2, 0.25) is 0 Å². The number of carbonyl (C=O) groups excluding carboxylic acids is 1. The van der Waals surface area contributed by atoms with Crippen molar-refractivity contribution in [3.05, 3.63) is 0 Å². The molecule has 0 radical (unpaired) electrons. The number of halogens is 2. The summed E-state index contributed by atoms with van der Waals surface area (Å²) in [5, 5.41) is 12.1. The maximum Gasteiger partial charge on any atom is 0.345 e. The third kappa shape index (κ3) is 3.39. The average Bonchev–Trinajstić information content (AvgIpc) is 3.17. The molecule has 2 N–H and O–H groups in total. The Morgan fingerprint density at radius 2 is 1.82 bits per heavy atom. The molecule has 0 spiro atoms. The highest BCUT2D eigenvalue weighted by atomic mass is 19.3. The number of ether oxygens (including phenoxy) is 1. The molecule has 2 atom stereocenters. The Bertz CT molecular complexity index is 435. The van der Waals surface area contributed by atoms with E-state index in [0.717, 1.165) is 0 Å². The van der Waals surface area contributed by atoms with E-state index in [0.29, 0.717) is 32.1 Å². The summed E-state index contributed by atoms with van der Waals surface area (Å²) in [7, 11) is 0. The van der Waals surface area contributed by atoms with Gasteiger partial charge in [-0.2, -0.15) is 8.78 Å². The SMILES string of the molecule is CC(C)[C@]1(C(=O)NC2CCC(OC(F)F)CC2)C[C@H]1C(=O)O. The van der Waals surface area contributed by atoms with Crippen LogP contribution >= 0.6 is 0 Å². The van der Waals surface area contributed by atoms with Gasteiger partial charge in [-0.1, -0.05) is 13.8 Å². The number of amides is 1. The Morgan fingerprint density at radius 1 is 1.23 bits per heavy atom. The van der Waals surface area contributed by atoms with E-state index in [4.69, 9.17) is 5.11 Å². The summed E-state index contributed by atoms with van der Waals surface area (Å²) < 4.78 is 28.8. The van der Waals surface area contributed by atoms with Crippen molar-refractivity contribution in [2.45, 2.75) is 64.7 Å². The van der Waals surface area contributed by atoms with Crippen LogP contribution in [0.1, 0.15) is 46.0 Å². The Hall–Kier alpha value is -1.24. The second-order valence-corrected chi connectivity index (χ2v) is 6.63. The second-order valence-electron chi connectivity index (χ2n) is 6.63. The Labute approximate surface area is 128 Å². The first-order valence-electron chi connectivity index (χ1n) is 7.74. The first-order chi connectivity index (χ1) is 10.3. The zero-order chi connectivity index (χ0) is 16.5. The summed E-state index contributed by atoms with van der Waals surface area (Å²) in [6.07, 6.45) is 2.03. The number of nitrogens with one attached hydrogen (secondary N) is 1. The predicted octanol–water partition coefficient (Wildman–Crippen LogP) is 2.40. The van der Waals surface area contributed by atoms with E-state index < -0.39 is 30.0 Å². The van der Waals surface area contributed by atoms with Crippen LogP contribution in [0.25, 0.3) is 0 Å². The number of carboxylic acid groups (broad SMARTS) is 1. The number of alkyl halides is 2. The summed E-state index contributed by atoms with van der Waals surface area (Å²) >= 11 is 0. The molecule has 1 amide bonds. The lowest BCUT2D eigenvalue weighted by molar-refractivity contribution is -0.170. The monoisotopic (exact) mass is 319 g/mol. The molecule has 2 aliphatic rings. The molecule has 0 bridgehead atoms. The standard InChI is InChI=1S/C15H23F2NO4/c1-8(2)15(7-11(15)12(19)20)13(21)18-9-3-5-10(6-4-9)22-14(16)17/h8-11,14H,3-7H2,1-2H3,(H,18,21)(H,19,20)/t9?,10?,11-,15+/m0/s1. The average molecular weight is 319 g/mol. The lowest BCUT2D eigenvalue weighted by Crippen LogP contribution is -2.45. The third-order valence-corrected chi connectivity index (χ3v) is 5.06. The minimum Gasteiger partial charge on any atom is -0.481 e. The van der Waals surface area contributed by atoms with Gasteiger partial charge in [0.1, 0.15) is 0 Å². The van der Waals surface area contributed by atoms with E-state index in [1.807, 2.05) is 13.8 Å². The van der Waals surface area contributed by atoms with Crippen molar-refractivity contribution in [2.24, 2.45) is 17.3 Å². The predicted molar refractivity (Wildman–Crippen MR) is 74.3 cm³/mol. The number of rotatable bonds is 6. The van der Waals surface area contributed by atoms with Crippen molar-refractivity contribution in [1.29, 1.82) is 0 Å². The van der Waals surface area contributed by atoms with Crippen LogP contribution in [0.5, 0.6) is 0 Å². The van der Waals surface area contributed by atoms with Crippen molar-refractivity contribution in [1.82, 2.24) is 5.32 Å². The normalized spacial score (nSPS) is 34.7. The van der Waals surface area contributed by atoms with E-state index >= 15 is 0 Å². The smallest absolute Gasteiger partial charge is 0.345 e. The van der Waals surface area contributed by atoms with Crippen LogP contribution in [0.3, 0.4) is 0 Å². The molecule has 0 aliphatic heterocycles. The molecule has 0 aromatic heterocycles. The van der Waals surface area contributed by atoms with Crippen molar-refractivity contribution in [3.63, 3.8) is 0 Å². The maximum atomic E-state index is 12.5. The molecule has 2 fully saturated rings. The minimum absolute atomic E-state index is 0.0490. The molecule has 2 aliphatic carbocycles. The van der Waals surface area contributed by atoms with Crippen molar-refractivity contribution in [2.75, 3.05) is 0 Å². The number of carboxylic acids is 1. The zero-order valence-corrected chi connectivity index (χ0v) is 12.9. The van der Waals surface area contributed by atoms with Gasteiger partial charge >= 0.3 is 12.6 Å². The summed E-state index contributed by atoms with van der Waals surface area (Å²) in [6, 6.07) is -0.0873. The van der Waals surface area contributed by atoms with Gasteiger partial charge in [0.25, 0.3) is 0 Å². The van der Waals surface area contributed by atoms with Gasteiger partial charge in [-0.05, 0) is 38.0 Å². The van der Waals surface area contributed by atoms with Gasteiger partial charge in [0, 0.05) is 6.04 Å². The summed E-state index contributed by atoms with van der Waals surface area (Å²) in [5.41, 5.74) is -0.817. The van der Waals surface area contributed by atoms with Gasteiger partial charge in [0.05, 0.1) is 17.4 Å². The van der Waals surface area contributed by atoms with Gasteiger partial charge in [0.15, 0.2) is 0 Å². The number of carbonyl (C=O) groups is 2. The quantitative estimate of drug-likeness (QED) is 0.788. The van der Waals surface area contributed by atoms with Crippen LogP contribution in [0.15, 0.2) is 0 Å². The number of hydrogen-bond donors (Lipinski definition) is 2. The van der Waals surface area contributed by atoms with Gasteiger partial charge < -0.3 is 15.2 Å². The fourth-order valence-corrected chi connectivity index (χ4v) is 3.55. The molecule has 0 saturated heterocycles. The van der Waals surface area contributed by atoms with Gasteiger partial charge in [-0.15, -0.1) is 0 Å². The molecule has 5 nitrogen and oxygen atoms in total. The summed E-state index contributed by atoms with van der Waals surface area (Å²) in [4.78, 5) is 23.6. The molecular weight excluding hydrogens is 296 g/mol. The Balaban J connectivity index is 1.87. The molecule has 0 unspecified atom stereocenters. The van der Waals surface area contributed by atoms with E-state index in [1.165, 1.54) is 0 Å². The molecule has 0 aromatic rings. The van der Waals surface area contributed by atoms with Crippen LogP contribution in [-0.2, 0) is 14.3 Å². The third-order valence-electron chi connectivity index (χ3n) is 5.06. The Kier molecular flexibility index (Phi) is 5.04. The second kappa shape index (κ2) is 6.48. The summed E-state index contributed by atoms with van der Waals surface area (Å²) in [5.74, 6) is -1.82. The zero-order valence-electron chi connectivity index (χ0n) is 12.9. The van der Waals surface area contributed by atoms with E-state index in [9.17, 15) is 18.4 Å². The first-order valence-corrected chi connectivity index (χ1v) is 7.74. The highest BCUT2D eigenvalue weighted by Crippen LogP contribution is 2.58. The molecule has 0 heterocycles. The molecule has 7 heteroatoms. The van der Waals surface area contributed by atoms with E-state index in [2.05, 4.69) is 10.1 Å². The Morgan fingerprint density at radius 3 is 2.23 bits per heavy atom. The topological polar surface area (TPSA) is 75.6 Å². The van der Waals surface area contributed by atoms with Crippen molar-refractivity contribution < 1.29 is 28.2 Å². The molecule has 2 rings (SSSR count). The largest absolute Gasteiger partial charge is 0.481 e. The number of hydrogen-bond acceptors (Lipinski definition) is 3. The highest BCUT2D eigenvalue weighted by molar-refractivity contribution is 5.93. The van der Waals surface area contributed by atoms with Crippen LogP contribution in [0, 0.1) is 17.3 Å². The van der Waals surface area contributed by atoms with Gasteiger partial charge in [0.2, 0.25) is 5.91 Å².